The van der Waals surface area contributed by atoms with Crippen LogP contribution in [0.15, 0.2) is 36.4 Å². The number of primary amides is 1. The van der Waals surface area contributed by atoms with E-state index in [4.69, 9.17) is 10.5 Å². The van der Waals surface area contributed by atoms with Crippen LogP contribution in [0.1, 0.15) is 47.2 Å². The van der Waals surface area contributed by atoms with Gasteiger partial charge in [0.15, 0.2) is 5.69 Å². The molecular weight excluding hydrogens is 346 g/mol. The van der Waals surface area contributed by atoms with E-state index in [0.29, 0.717) is 22.3 Å². The van der Waals surface area contributed by atoms with Crippen molar-refractivity contribution in [2.45, 2.75) is 26.2 Å². The third-order valence-corrected chi connectivity index (χ3v) is 4.41. The van der Waals surface area contributed by atoms with Crippen LogP contribution >= 0.6 is 0 Å². The molecule has 140 valence electrons. The second-order valence-corrected chi connectivity index (χ2v) is 7.27. The van der Waals surface area contributed by atoms with Crippen LogP contribution in [0.3, 0.4) is 0 Å². The number of hydrogen-bond donors (Lipinski definition) is 2. The van der Waals surface area contributed by atoms with E-state index in [1.54, 1.807) is 35.0 Å². The van der Waals surface area contributed by atoms with Crippen LogP contribution in [-0.4, -0.2) is 33.9 Å². The summed E-state index contributed by atoms with van der Waals surface area (Å²) in [5.41, 5.74) is 7.45. The minimum absolute atomic E-state index is 0.0385. The number of para-hydroxylation sites is 1. The third-order valence-electron chi connectivity index (χ3n) is 4.41. The lowest BCUT2D eigenvalue weighted by Crippen LogP contribution is -2.20. The summed E-state index contributed by atoms with van der Waals surface area (Å²) in [6, 6.07) is 10.5. The van der Waals surface area contributed by atoms with Gasteiger partial charge in [0.1, 0.15) is 5.75 Å². The molecule has 7 nitrogen and oxygen atoms in total. The highest BCUT2D eigenvalue weighted by molar-refractivity contribution is 6.02. The number of carboxylic acids is 1. The minimum atomic E-state index is -1.11. The number of ether oxygens (including phenoxy) is 1. The van der Waals surface area contributed by atoms with Gasteiger partial charge < -0.3 is 15.6 Å². The molecule has 1 aromatic heterocycles. The first-order valence-electron chi connectivity index (χ1n) is 8.39. The molecule has 0 aliphatic heterocycles. The van der Waals surface area contributed by atoms with Crippen LogP contribution in [-0.2, 0) is 5.41 Å². The Balaban J connectivity index is 2.43. The molecule has 0 saturated carbocycles. The average molecular weight is 367 g/mol. The number of hydrogen-bond acceptors (Lipinski definition) is 4. The zero-order valence-corrected chi connectivity index (χ0v) is 15.6. The number of nitrogens with zero attached hydrogens (tertiary/aromatic N) is 2. The van der Waals surface area contributed by atoms with Crippen molar-refractivity contribution in [2.75, 3.05) is 7.11 Å². The number of carbonyl (C=O) groups excluding carboxylic acids is 1. The fourth-order valence-corrected chi connectivity index (χ4v) is 3.11. The maximum Gasteiger partial charge on any atom is 0.357 e. The van der Waals surface area contributed by atoms with Gasteiger partial charge >= 0.3 is 5.97 Å². The summed E-state index contributed by atoms with van der Waals surface area (Å²) in [4.78, 5) is 23.5. The van der Waals surface area contributed by atoms with Gasteiger partial charge in [0.05, 0.1) is 23.9 Å². The SMILES string of the molecule is COc1cc(-n2nc(C(=O)O)c3ccccc32)c(C(C)(C)C)cc1C(N)=O. The van der Waals surface area contributed by atoms with Crippen LogP contribution in [0.25, 0.3) is 16.6 Å². The Morgan fingerprint density at radius 2 is 1.85 bits per heavy atom. The molecule has 0 bridgehead atoms. The normalized spacial score (nSPS) is 11.6. The maximum atomic E-state index is 11.9. The van der Waals surface area contributed by atoms with Crippen LogP contribution in [0, 0.1) is 0 Å². The first-order valence-corrected chi connectivity index (χ1v) is 8.39. The molecule has 0 atom stereocenters. The lowest BCUT2D eigenvalue weighted by atomic mass is 9.84. The van der Waals surface area contributed by atoms with Crippen molar-refractivity contribution in [1.82, 2.24) is 9.78 Å². The Labute approximate surface area is 156 Å². The van der Waals surface area contributed by atoms with E-state index >= 15 is 0 Å². The van der Waals surface area contributed by atoms with Gasteiger partial charge in [-0.15, -0.1) is 0 Å². The highest BCUT2D eigenvalue weighted by atomic mass is 16.5. The minimum Gasteiger partial charge on any atom is -0.496 e. The molecule has 3 N–H and O–H groups in total. The first kappa shape index (κ1) is 18.4. The second-order valence-electron chi connectivity index (χ2n) is 7.27. The number of benzene rings is 2. The van der Waals surface area contributed by atoms with Gasteiger partial charge in [-0.3, -0.25) is 4.79 Å². The van der Waals surface area contributed by atoms with Crippen molar-refractivity contribution >= 4 is 22.8 Å². The lowest BCUT2D eigenvalue weighted by Gasteiger charge is -2.25. The average Bonchev–Trinajstić information content (AvgIpc) is 2.99. The third kappa shape index (κ3) is 3.12. The first-order chi connectivity index (χ1) is 12.6. The second kappa shape index (κ2) is 6.42. The van der Waals surface area contributed by atoms with Gasteiger partial charge in [0, 0.05) is 11.5 Å². The maximum absolute atomic E-state index is 11.9. The van der Waals surface area contributed by atoms with Gasteiger partial charge in [-0.1, -0.05) is 39.0 Å². The molecule has 0 aliphatic carbocycles. The number of aromatic nitrogens is 2. The van der Waals surface area contributed by atoms with E-state index in [2.05, 4.69) is 5.10 Å². The van der Waals surface area contributed by atoms with Crippen molar-refractivity contribution in [1.29, 1.82) is 0 Å². The zero-order valence-electron chi connectivity index (χ0n) is 15.6. The molecule has 0 radical (unpaired) electrons. The molecule has 3 rings (SSSR count). The highest BCUT2D eigenvalue weighted by Crippen LogP contribution is 2.35. The topological polar surface area (TPSA) is 107 Å². The summed E-state index contributed by atoms with van der Waals surface area (Å²) in [6.07, 6.45) is 0. The molecule has 1 amide bonds. The van der Waals surface area contributed by atoms with E-state index < -0.39 is 11.9 Å². The molecule has 7 heteroatoms. The predicted molar refractivity (Wildman–Crippen MR) is 102 cm³/mol. The van der Waals surface area contributed by atoms with Gasteiger partial charge in [0.25, 0.3) is 5.91 Å². The number of carboxylic acid groups (broad SMARTS) is 1. The van der Waals surface area contributed by atoms with E-state index in [0.717, 1.165) is 5.56 Å². The zero-order chi connectivity index (χ0) is 19.9. The summed E-state index contributed by atoms with van der Waals surface area (Å²) >= 11 is 0. The van der Waals surface area contributed by atoms with Gasteiger partial charge in [-0.25, -0.2) is 9.48 Å². The van der Waals surface area contributed by atoms with Crippen LogP contribution in [0.2, 0.25) is 0 Å². The number of fused-ring (bicyclic) bond motifs is 1. The van der Waals surface area contributed by atoms with E-state index in [-0.39, 0.29) is 16.7 Å². The van der Waals surface area contributed by atoms with Crippen molar-refractivity contribution in [2.24, 2.45) is 5.73 Å². The summed E-state index contributed by atoms with van der Waals surface area (Å²) in [5, 5.41) is 14.4. The molecule has 27 heavy (non-hydrogen) atoms. The van der Waals surface area contributed by atoms with Crippen LogP contribution in [0.5, 0.6) is 5.75 Å². The molecule has 1 heterocycles. The van der Waals surface area contributed by atoms with Crippen LogP contribution < -0.4 is 10.5 Å². The van der Waals surface area contributed by atoms with Crippen molar-refractivity contribution < 1.29 is 19.4 Å². The fraction of sp³-hybridized carbons (Fsp3) is 0.250. The summed E-state index contributed by atoms with van der Waals surface area (Å²) in [5.74, 6) is -1.40. The lowest BCUT2D eigenvalue weighted by molar-refractivity contribution is 0.0691. The van der Waals surface area contributed by atoms with Crippen molar-refractivity contribution in [3.05, 3.63) is 53.2 Å². The summed E-state index contributed by atoms with van der Waals surface area (Å²) in [7, 11) is 1.45. The quantitative estimate of drug-likeness (QED) is 0.737. The summed E-state index contributed by atoms with van der Waals surface area (Å²) in [6.45, 7) is 5.98. The molecule has 0 aliphatic rings. The molecular formula is C20H21N3O4. The molecule has 0 spiro atoms. The standard InChI is InChI=1S/C20H21N3O4/c1-20(2,3)13-9-12(18(21)24)16(27-4)10-15(13)23-14-8-6-5-7-11(14)17(22-23)19(25)26/h5-10H,1-4H3,(H2,21,24)(H,25,26). The molecule has 2 aromatic carbocycles. The summed E-state index contributed by atoms with van der Waals surface area (Å²) < 4.78 is 6.92. The molecule has 0 saturated heterocycles. The largest absolute Gasteiger partial charge is 0.496 e. The van der Waals surface area contributed by atoms with Crippen LogP contribution in [0.4, 0.5) is 0 Å². The number of amides is 1. The Kier molecular flexibility index (Phi) is 4.39. The number of aromatic carboxylic acids is 1. The Bertz CT molecular complexity index is 1060. The molecule has 3 aromatic rings. The van der Waals surface area contributed by atoms with Gasteiger partial charge in [-0.05, 0) is 23.1 Å². The Hall–Kier alpha value is -3.35. The monoisotopic (exact) mass is 367 g/mol. The number of carbonyl (C=O) groups is 2. The van der Waals surface area contributed by atoms with Gasteiger partial charge in [-0.2, -0.15) is 5.10 Å². The Morgan fingerprint density at radius 3 is 2.41 bits per heavy atom. The molecule has 0 unspecified atom stereocenters. The van der Waals surface area contributed by atoms with Crippen molar-refractivity contribution in [3.8, 4) is 11.4 Å². The number of methoxy groups -OCH3 is 1. The number of rotatable bonds is 4. The van der Waals surface area contributed by atoms with E-state index in [1.807, 2.05) is 26.8 Å². The van der Waals surface area contributed by atoms with Gasteiger partial charge in [0.2, 0.25) is 0 Å². The fourth-order valence-electron chi connectivity index (χ4n) is 3.11. The smallest absolute Gasteiger partial charge is 0.357 e. The predicted octanol–water partition coefficient (Wildman–Crippen LogP) is 3.13. The highest BCUT2D eigenvalue weighted by Gasteiger charge is 2.26. The molecule has 0 fully saturated rings. The van der Waals surface area contributed by atoms with E-state index in [9.17, 15) is 14.7 Å². The number of nitrogens with two attached hydrogens (primary N) is 1. The Morgan fingerprint density at radius 1 is 1.19 bits per heavy atom. The van der Waals surface area contributed by atoms with E-state index in [1.165, 1.54) is 7.11 Å². The van der Waals surface area contributed by atoms with Crippen molar-refractivity contribution in [3.63, 3.8) is 0 Å².